The van der Waals surface area contributed by atoms with Crippen molar-refractivity contribution in [2.24, 2.45) is 0 Å². The first-order valence-electron chi connectivity index (χ1n) is 6.73. The summed E-state index contributed by atoms with van der Waals surface area (Å²) in [5.41, 5.74) is 2.12. The Bertz CT molecular complexity index is 496. The number of allylic oxidation sites excluding steroid dienone is 1. The van der Waals surface area contributed by atoms with Crippen molar-refractivity contribution in [1.29, 1.82) is 0 Å². The summed E-state index contributed by atoms with van der Waals surface area (Å²) in [6, 6.07) is 7.07. The third kappa shape index (κ3) is 3.44. The number of hydrogen-bond donors (Lipinski definition) is 1. The first-order valence-corrected chi connectivity index (χ1v) is 6.73. The molecule has 0 saturated heterocycles. The van der Waals surface area contributed by atoms with E-state index in [9.17, 15) is 9.90 Å². The molecule has 5 nitrogen and oxygen atoms in total. The van der Waals surface area contributed by atoms with Crippen molar-refractivity contribution in [2.45, 2.75) is 19.8 Å². The minimum atomic E-state index is -0.162. The van der Waals surface area contributed by atoms with Gasteiger partial charge in [-0.15, -0.1) is 0 Å². The number of anilines is 1. The van der Waals surface area contributed by atoms with Crippen molar-refractivity contribution in [1.82, 2.24) is 4.90 Å². The SMILES string of the molecule is CCOC(=O)CCC1=CN(c2ccc(O)cc2)CN1C. The Hall–Kier alpha value is -2.17. The quantitative estimate of drug-likeness (QED) is 0.836. The van der Waals surface area contributed by atoms with E-state index in [1.54, 1.807) is 12.1 Å². The number of ether oxygens (including phenoxy) is 1. The van der Waals surface area contributed by atoms with Crippen molar-refractivity contribution in [2.75, 3.05) is 25.2 Å². The second kappa shape index (κ2) is 6.32. The van der Waals surface area contributed by atoms with Crippen molar-refractivity contribution < 1.29 is 14.6 Å². The number of phenolic OH excluding ortho intramolecular Hbond substituents is 1. The summed E-state index contributed by atoms with van der Waals surface area (Å²) in [5.74, 6) is 0.0951. The van der Waals surface area contributed by atoms with Gasteiger partial charge in [0.25, 0.3) is 0 Å². The number of benzene rings is 1. The zero-order valence-corrected chi connectivity index (χ0v) is 11.9. The van der Waals surface area contributed by atoms with Crippen LogP contribution in [0.1, 0.15) is 19.8 Å². The lowest BCUT2D eigenvalue weighted by molar-refractivity contribution is -0.143. The molecule has 1 aliphatic heterocycles. The van der Waals surface area contributed by atoms with Crippen LogP contribution in [-0.4, -0.2) is 36.3 Å². The largest absolute Gasteiger partial charge is 0.508 e. The maximum Gasteiger partial charge on any atom is 0.306 e. The third-order valence-corrected chi connectivity index (χ3v) is 3.23. The molecule has 108 valence electrons. The molecule has 0 fully saturated rings. The first kappa shape index (κ1) is 14.2. The molecule has 0 unspecified atom stereocenters. The zero-order chi connectivity index (χ0) is 14.5. The van der Waals surface area contributed by atoms with Crippen LogP contribution < -0.4 is 4.90 Å². The number of hydrogen-bond acceptors (Lipinski definition) is 5. The van der Waals surface area contributed by atoms with E-state index in [0.717, 1.165) is 18.1 Å². The van der Waals surface area contributed by atoms with Gasteiger partial charge in [-0.25, -0.2) is 0 Å². The van der Waals surface area contributed by atoms with Crippen LogP contribution in [0.4, 0.5) is 5.69 Å². The number of esters is 1. The lowest BCUT2D eigenvalue weighted by atomic mass is 10.2. The highest BCUT2D eigenvalue weighted by Gasteiger charge is 2.19. The molecule has 0 aromatic heterocycles. The van der Waals surface area contributed by atoms with Gasteiger partial charge in [0.2, 0.25) is 0 Å². The standard InChI is InChI=1S/C15H20N2O3/c1-3-20-15(19)9-6-13-10-17(11-16(13)2)12-4-7-14(18)8-5-12/h4-5,7-8,10,18H,3,6,9,11H2,1-2H3. The highest BCUT2D eigenvalue weighted by molar-refractivity contribution is 5.69. The second-order valence-corrected chi connectivity index (χ2v) is 4.75. The molecule has 5 heteroatoms. The Labute approximate surface area is 119 Å². The van der Waals surface area contributed by atoms with Crippen LogP contribution in [0, 0.1) is 0 Å². The maximum atomic E-state index is 11.4. The fourth-order valence-electron chi connectivity index (χ4n) is 2.16. The fraction of sp³-hybridized carbons (Fsp3) is 0.400. The third-order valence-electron chi connectivity index (χ3n) is 3.23. The molecular weight excluding hydrogens is 256 g/mol. The van der Waals surface area contributed by atoms with Gasteiger partial charge in [-0.05, 0) is 37.6 Å². The van der Waals surface area contributed by atoms with E-state index in [0.29, 0.717) is 19.4 Å². The molecule has 0 radical (unpaired) electrons. The molecule has 1 aromatic rings. The van der Waals surface area contributed by atoms with E-state index in [2.05, 4.69) is 9.80 Å². The zero-order valence-electron chi connectivity index (χ0n) is 11.9. The predicted octanol–water partition coefficient (Wildman–Crippen LogP) is 2.29. The van der Waals surface area contributed by atoms with Crippen LogP contribution >= 0.6 is 0 Å². The highest BCUT2D eigenvalue weighted by Crippen LogP contribution is 2.26. The predicted molar refractivity (Wildman–Crippen MR) is 77.2 cm³/mol. The summed E-state index contributed by atoms with van der Waals surface area (Å²) in [5, 5.41) is 9.30. The molecule has 0 saturated carbocycles. The molecule has 0 aliphatic carbocycles. The molecule has 0 atom stereocenters. The number of rotatable bonds is 5. The smallest absolute Gasteiger partial charge is 0.306 e. The van der Waals surface area contributed by atoms with E-state index in [1.165, 1.54) is 0 Å². The summed E-state index contributed by atoms with van der Waals surface area (Å²) < 4.78 is 4.94. The molecule has 2 rings (SSSR count). The first-order chi connectivity index (χ1) is 9.60. The van der Waals surface area contributed by atoms with Gasteiger partial charge in [0, 0.05) is 24.6 Å². The molecule has 20 heavy (non-hydrogen) atoms. The minimum Gasteiger partial charge on any atom is -0.508 e. The Kier molecular flexibility index (Phi) is 4.50. The fourth-order valence-corrected chi connectivity index (χ4v) is 2.16. The number of carbonyl (C=O) groups is 1. The molecule has 0 bridgehead atoms. The number of carbonyl (C=O) groups excluding carboxylic acids is 1. The summed E-state index contributed by atoms with van der Waals surface area (Å²) >= 11 is 0. The Morgan fingerprint density at radius 3 is 2.70 bits per heavy atom. The Balaban J connectivity index is 1.98. The van der Waals surface area contributed by atoms with Gasteiger partial charge >= 0.3 is 5.97 Å². The number of aromatic hydroxyl groups is 1. The second-order valence-electron chi connectivity index (χ2n) is 4.75. The summed E-state index contributed by atoms with van der Waals surface area (Å²) in [6.45, 7) is 2.97. The van der Waals surface area contributed by atoms with Crippen LogP contribution in [0.5, 0.6) is 5.75 Å². The van der Waals surface area contributed by atoms with Gasteiger partial charge in [0.05, 0.1) is 19.7 Å². The van der Waals surface area contributed by atoms with Gasteiger partial charge < -0.3 is 19.6 Å². The van der Waals surface area contributed by atoms with Crippen molar-refractivity contribution >= 4 is 11.7 Å². The highest BCUT2D eigenvalue weighted by atomic mass is 16.5. The van der Waals surface area contributed by atoms with Gasteiger partial charge in [0.1, 0.15) is 5.75 Å². The van der Waals surface area contributed by atoms with E-state index >= 15 is 0 Å². The Morgan fingerprint density at radius 2 is 2.05 bits per heavy atom. The van der Waals surface area contributed by atoms with Crippen molar-refractivity contribution in [3.8, 4) is 5.75 Å². The molecule has 1 heterocycles. The molecular formula is C15H20N2O3. The monoisotopic (exact) mass is 276 g/mol. The molecule has 0 spiro atoms. The lowest BCUT2D eigenvalue weighted by Crippen LogP contribution is -2.23. The van der Waals surface area contributed by atoms with E-state index < -0.39 is 0 Å². The van der Waals surface area contributed by atoms with Crippen LogP contribution in [0.3, 0.4) is 0 Å². The average molecular weight is 276 g/mol. The van der Waals surface area contributed by atoms with Crippen LogP contribution in [0.25, 0.3) is 0 Å². The van der Waals surface area contributed by atoms with Gasteiger partial charge in [-0.2, -0.15) is 0 Å². The van der Waals surface area contributed by atoms with Gasteiger partial charge in [-0.3, -0.25) is 4.79 Å². The van der Waals surface area contributed by atoms with E-state index in [-0.39, 0.29) is 11.7 Å². The van der Waals surface area contributed by atoms with Crippen LogP contribution in [0.15, 0.2) is 36.2 Å². The molecule has 0 amide bonds. The van der Waals surface area contributed by atoms with Crippen molar-refractivity contribution in [3.05, 3.63) is 36.2 Å². The average Bonchev–Trinajstić information content (AvgIpc) is 2.79. The lowest BCUT2D eigenvalue weighted by Gasteiger charge is -2.19. The topological polar surface area (TPSA) is 53.0 Å². The number of phenols is 1. The van der Waals surface area contributed by atoms with E-state index in [1.807, 2.05) is 32.3 Å². The minimum absolute atomic E-state index is 0.162. The normalized spacial score (nSPS) is 14.4. The Morgan fingerprint density at radius 1 is 1.35 bits per heavy atom. The number of nitrogens with zero attached hydrogens (tertiary/aromatic N) is 2. The summed E-state index contributed by atoms with van der Waals surface area (Å²) in [6.07, 6.45) is 3.10. The molecule has 1 aliphatic rings. The summed E-state index contributed by atoms with van der Waals surface area (Å²) in [4.78, 5) is 15.6. The van der Waals surface area contributed by atoms with Crippen molar-refractivity contribution in [3.63, 3.8) is 0 Å². The van der Waals surface area contributed by atoms with Gasteiger partial charge in [-0.1, -0.05) is 0 Å². The van der Waals surface area contributed by atoms with E-state index in [4.69, 9.17) is 4.74 Å². The maximum absolute atomic E-state index is 11.4. The summed E-state index contributed by atoms with van der Waals surface area (Å²) in [7, 11) is 2.00. The van der Waals surface area contributed by atoms with Crippen LogP contribution in [0.2, 0.25) is 0 Å². The van der Waals surface area contributed by atoms with Crippen LogP contribution in [-0.2, 0) is 9.53 Å². The van der Waals surface area contributed by atoms with Gasteiger partial charge in [0.15, 0.2) is 0 Å². The molecule has 1 aromatic carbocycles. The molecule has 1 N–H and O–H groups in total.